The van der Waals surface area contributed by atoms with Crippen molar-refractivity contribution in [3.05, 3.63) is 210 Å². The molecule has 12 aromatic rings. The van der Waals surface area contributed by atoms with Gasteiger partial charge in [0.1, 0.15) is 5.82 Å². The molecule has 0 aliphatic carbocycles. The van der Waals surface area contributed by atoms with E-state index in [9.17, 15) is 8.22 Å². The van der Waals surface area contributed by atoms with Crippen LogP contribution in [0.4, 0.5) is 0 Å². The minimum Gasteiger partial charge on any atom is -0.340 e. The Kier molecular flexibility index (Phi) is 4.15. The predicted octanol–water partition coefficient (Wildman–Crippen LogP) is 13.6. The summed E-state index contributed by atoms with van der Waals surface area (Å²) in [5, 5.41) is -2.07. The Morgan fingerprint density at radius 3 is 1.37 bits per heavy atom. The van der Waals surface area contributed by atoms with E-state index in [1.54, 1.807) is 0 Å². The SMILES string of the molecule is [2H]c1c([2H])c([2H])c(-c2nc(CCCCc3c([2H])c([2H])c([2H])c([2H])c3-n3c4c([2H])c([2H])c([2H])c([2H])c4c4c([2H])c([2H])c([2H])c([2H])c43)nc(-n3c4c([2H])c([2H])c([2H])c([2H])c4c4c([2H])c([2H])c([2H])c([2H])c43)n2)c(CCn2c3c([2H])c([2H])c([2H])c([2H])c3c3c([2H])c([2H])c([2H])c([2H])c32)c1[2H]. The minimum absolute atomic E-state index is 0.103. The molecule has 0 atom stereocenters. The first-order valence-corrected chi connectivity index (χ1v) is 19.5. The van der Waals surface area contributed by atoms with Crippen molar-refractivity contribution in [3.8, 4) is 23.0 Å². The molecule has 0 unspecified atom stereocenters. The smallest absolute Gasteiger partial charge is 0.238 e. The molecule has 4 aromatic heterocycles. The molecule has 0 saturated carbocycles. The summed E-state index contributed by atoms with van der Waals surface area (Å²) in [5.74, 6) is -1.50. The highest BCUT2D eigenvalue weighted by Gasteiger charge is 2.19. The number of hydrogen-bond donors (Lipinski definition) is 0. The summed E-state index contributed by atoms with van der Waals surface area (Å²) in [6.45, 7) is -0.523. The van der Waals surface area contributed by atoms with Gasteiger partial charge in [0.15, 0.2) is 5.82 Å². The van der Waals surface area contributed by atoms with E-state index in [1.807, 2.05) is 0 Å². The van der Waals surface area contributed by atoms with Crippen LogP contribution in [0.5, 0.6) is 0 Å². The highest BCUT2D eigenvalue weighted by atomic mass is 15.2. The molecule has 6 heteroatoms. The lowest BCUT2D eigenvalue weighted by Gasteiger charge is -2.15. The van der Waals surface area contributed by atoms with E-state index < -0.39 is 262 Å². The van der Waals surface area contributed by atoms with Gasteiger partial charge in [-0.3, -0.25) is 4.57 Å². The monoisotopic (exact) mass is 845 g/mol. The highest BCUT2D eigenvalue weighted by molar-refractivity contribution is 6.10. The Morgan fingerprint density at radius 1 is 0.365 bits per heavy atom. The number of hydrogen-bond acceptors (Lipinski definition) is 3. The zero-order valence-corrected chi connectivity index (χ0v) is 32.4. The number of para-hydroxylation sites is 7. The van der Waals surface area contributed by atoms with Gasteiger partial charge in [-0.05, 0) is 79.1 Å². The summed E-state index contributed by atoms with van der Waals surface area (Å²) >= 11 is 0. The molecule has 0 amide bonds. The van der Waals surface area contributed by atoms with Gasteiger partial charge < -0.3 is 9.13 Å². The molecular weight excluding hydrogens is 769 g/mol. The van der Waals surface area contributed by atoms with Crippen LogP contribution in [0.15, 0.2) is 193 Å². The lowest BCUT2D eigenvalue weighted by Crippen LogP contribution is -2.10. The van der Waals surface area contributed by atoms with Crippen molar-refractivity contribution in [1.82, 2.24) is 28.7 Å². The largest absolute Gasteiger partial charge is 0.340 e. The zero-order valence-electron chi connectivity index (χ0n) is 64.4. The van der Waals surface area contributed by atoms with E-state index in [1.165, 1.54) is 4.57 Å². The Hall–Kier alpha value is -7.83. The molecular formula is C57H44N6. The molecule has 0 saturated heterocycles. The van der Waals surface area contributed by atoms with Crippen molar-refractivity contribution in [3.63, 3.8) is 0 Å². The Morgan fingerprint density at radius 2 is 0.794 bits per heavy atom. The summed E-state index contributed by atoms with van der Waals surface area (Å²) in [6, 6.07) is -23.9. The van der Waals surface area contributed by atoms with E-state index in [4.69, 9.17) is 50.6 Å². The molecule has 0 fully saturated rings. The summed E-state index contributed by atoms with van der Waals surface area (Å²) in [7, 11) is 0. The number of nitrogens with zero attached hydrogens (tertiary/aromatic N) is 6. The van der Waals surface area contributed by atoms with E-state index in [0.717, 1.165) is 9.13 Å². The number of rotatable bonds is 11. The third kappa shape index (κ3) is 6.37. The lowest BCUT2D eigenvalue weighted by atomic mass is 10.0. The average molecular weight is 845 g/mol. The summed E-state index contributed by atoms with van der Waals surface area (Å²) < 4.78 is 288. The van der Waals surface area contributed by atoms with Crippen LogP contribution in [0.2, 0.25) is 0 Å². The maximum absolute atomic E-state index is 9.51. The van der Waals surface area contributed by atoms with Gasteiger partial charge in [-0.1, -0.05) is 151 Å². The first-order valence-electron chi connectivity index (χ1n) is 35.5. The molecule has 0 spiro atoms. The Balaban J connectivity index is 1.08. The van der Waals surface area contributed by atoms with Gasteiger partial charge >= 0.3 is 0 Å². The first-order chi connectivity index (χ1) is 44.6. The number of aryl methyl sites for hydroxylation is 2. The second-order valence-corrected chi connectivity index (χ2v) is 14.2. The summed E-state index contributed by atoms with van der Waals surface area (Å²) in [5.41, 5.74) is -3.74. The normalized spacial score (nSPS) is 19.0. The van der Waals surface area contributed by atoms with Crippen molar-refractivity contribution < 1.29 is 43.9 Å². The van der Waals surface area contributed by atoms with Gasteiger partial charge in [-0.25, -0.2) is 4.98 Å². The van der Waals surface area contributed by atoms with Crippen LogP contribution in [0.1, 0.15) is 73.7 Å². The quantitative estimate of drug-likeness (QED) is 0.122. The standard InChI is InChI=1S/C57H44N6/c1-4-22-41(39(19-1)37-38-61-49-30-12-5-23-42(49)43-24-6-13-31-50(43)61)56-58-55(59-57(60-56)63-53-34-16-9-27-46(53)47-28-10-17-35-54(47)63)36-18-3-21-40-20-2-11-29-48(40)62-51-32-14-7-25-44(51)45-26-8-15-33-52(45)62/h1-2,4-17,19-20,22-35H,3,18,21,36-38H2/i1D,2D,4D,5D,6D,7D,8D,9D,10D,11D,12D,13D,14D,15D,16D,17D,19D,20D,22D,23D,24D,25D,26D,27D,28D,29D,30D,31D,32D,33D,34D,35D. The van der Waals surface area contributed by atoms with E-state index in [-0.39, 0.29) is 75.2 Å². The van der Waals surface area contributed by atoms with Crippen molar-refractivity contribution in [2.75, 3.05) is 0 Å². The van der Waals surface area contributed by atoms with Crippen LogP contribution in [-0.4, -0.2) is 28.7 Å². The van der Waals surface area contributed by atoms with Gasteiger partial charge in [-0.15, -0.1) is 0 Å². The zero-order chi connectivity index (χ0) is 69.5. The van der Waals surface area contributed by atoms with Crippen LogP contribution >= 0.6 is 0 Å². The molecule has 4 heterocycles. The number of unbranched alkanes of at least 4 members (excludes halogenated alkanes) is 1. The van der Waals surface area contributed by atoms with Gasteiger partial charge in [0.25, 0.3) is 0 Å². The van der Waals surface area contributed by atoms with Crippen molar-refractivity contribution in [2.45, 2.75) is 38.6 Å². The third-order valence-corrected chi connectivity index (χ3v) is 10.7. The number of aromatic nitrogens is 6. The number of fused-ring (bicyclic) bond motifs is 9. The molecule has 0 aliphatic heterocycles. The molecule has 0 bridgehead atoms. The Bertz CT molecular complexity index is 5310. The van der Waals surface area contributed by atoms with E-state index in [2.05, 4.69) is 0 Å². The van der Waals surface area contributed by atoms with Gasteiger partial charge in [-0.2, -0.15) is 9.97 Å². The third-order valence-electron chi connectivity index (χ3n) is 10.7. The second-order valence-electron chi connectivity index (χ2n) is 14.2. The van der Waals surface area contributed by atoms with E-state index in [0.29, 0.717) is 0 Å². The minimum atomic E-state index is -0.852. The molecule has 63 heavy (non-hydrogen) atoms. The molecule has 302 valence electrons. The molecule has 0 radical (unpaired) electrons. The van der Waals surface area contributed by atoms with Crippen molar-refractivity contribution in [1.29, 1.82) is 0 Å². The van der Waals surface area contributed by atoms with Crippen molar-refractivity contribution >= 4 is 65.4 Å². The molecule has 0 N–H and O–H groups in total. The topological polar surface area (TPSA) is 53.5 Å². The molecule has 6 nitrogen and oxygen atoms in total. The fraction of sp³-hybridized carbons (Fsp3) is 0.105. The van der Waals surface area contributed by atoms with E-state index >= 15 is 0 Å². The van der Waals surface area contributed by atoms with Crippen LogP contribution in [0.25, 0.3) is 88.4 Å². The second kappa shape index (κ2) is 15.6. The summed E-state index contributed by atoms with van der Waals surface area (Å²) in [4.78, 5) is 14.1. The molecule has 12 rings (SSSR count). The first kappa shape index (κ1) is 16.8. The van der Waals surface area contributed by atoms with Gasteiger partial charge in [0.2, 0.25) is 5.95 Å². The number of benzene rings is 8. The predicted molar refractivity (Wildman–Crippen MR) is 260 cm³/mol. The van der Waals surface area contributed by atoms with Gasteiger partial charge in [0.05, 0.1) is 65.9 Å². The van der Waals surface area contributed by atoms with Gasteiger partial charge in [0, 0.05) is 67.6 Å². The fourth-order valence-electron chi connectivity index (χ4n) is 7.94. The maximum Gasteiger partial charge on any atom is 0.238 e. The van der Waals surface area contributed by atoms with Crippen molar-refractivity contribution in [2.24, 2.45) is 0 Å². The lowest BCUT2D eigenvalue weighted by molar-refractivity contribution is 0.698. The maximum atomic E-state index is 9.51. The average Bonchev–Trinajstić information content (AvgIpc) is 1.49. The molecule has 8 aromatic carbocycles. The summed E-state index contributed by atoms with van der Waals surface area (Å²) in [6.07, 6.45) is -1.40. The molecule has 0 aliphatic rings. The fourth-order valence-corrected chi connectivity index (χ4v) is 7.94. The van der Waals surface area contributed by atoms with Crippen LogP contribution in [0, 0.1) is 0 Å². The highest BCUT2D eigenvalue weighted by Crippen LogP contribution is 2.35. The Labute approximate surface area is 410 Å². The van der Waals surface area contributed by atoms with Crippen LogP contribution in [0.3, 0.4) is 0 Å². The van der Waals surface area contributed by atoms with Crippen LogP contribution < -0.4 is 0 Å². The van der Waals surface area contributed by atoms with Crippen LogP contribution in [-0.2, 0) is 25.8 Å².